The van der Waals surface area contributed by atoms with Crippen molar-refractivity contribution < 1.29 is 0 Å². The van der Waals surface area contributed by atoms with E-state index in [-0.39, 0.29) is 0 Å². The molecule has 1 fully saturated rings. The van der Waals surface area contributed by atoms with Crippen LogP contribution in [0.3, 0.4) is 0 Å². The summed E-state index contributed by atoms with van der Waals surface area (Å²) >= 11 is 7.57. The van der Waals surface area contributed by atoms with Gasteiger partial charge >= 0.3 is 0 Å². The molecule has 0 spiro atoms. The SMILES string of the molecule is Clc1ccc(CN2CC(n3cccn3)C2)s1. The first-order chi connectivity index (χ1) is 7.81. The highest BCUT2D eigenvalue weighted by Crippen LogP contribution is 2.27. The van der Waals surface area contributed by atoms with Crippen LogP contribution in [0.1, 0.15) is 10.9 Å². The number of likely N-dealkylation sites (tertiary alicyclic amines) is 1. The maximum Gasteiger partial charge on any atom is 0.0931 e. The van der Waals surface area contributed by atoms with Gasteiger partial charge in [-0.1, -0.05) is 11.6 Å². The predicted octanol–water partition coefficient (Wildman–Crippen LogP) is 2.65. The molecule has 0 unspecified atom stereocenters. The van der Waals surface area contributed by atoms with E-state index in [1.54, 1.807) is 11.3 Å². The second-order valence-corrected chi connectivity index (χ2v) is 5.84. The van der Waals surface area contributed by atoms with Gasteiger partial charge < -0.3 is 0 Å². The van der Waals surface area contributed by atoms with Gasteiger partial charge in [0.2, 0.25) is 0 Å². The van der Waals surface area contributed by atoms with Crippen LogP contribution in [0.4, 0.5) is 0 Å². The highest BCUT2D eigenvalue weighted by molar-refractivity contribution is 7.16. The minimum absolute atomic E-state index is 0.547. The Morgan fingerprint density at radius 3 is 2.94 bits per heavy atom. The zero-order chi connectivity index (χ0) is 11.0. The molecule has 1 aliphatic heterocycles. The van der Waals surface area contributed by atoms with Crippen molar-refractivity contribution in [1.29, 1.82) is 0 Å². The Morgan fingerprint density at radius 1 is 1.44 bits per heavy atom. The van der Waals surface area contributed by atoms with Crippen LogP contribution in [0.15, 0.2) is 30.6 Å². The van der Waals surface area contributed by atoms with Crippen molar-refractivity contribution in [3.8, 4) is 0 Å². The molecule has 3 nitrogen and oxygen atoms in total. The molecule has 0 aliphatic carbocycles. The summed E-state index contributed by atoms with van der Waals surface area (Å²) in [6.07, 6.45) is 3.87. The van der Waals surface area contributed by atoms with Crippen LogP contribution in [-0.4, -0.2) is 27.8 Å². The van der Waals surface area contributed by atoms with Crippen molar-refractivity contribution in [2.75, 3.05) is 13.1 Å². The molecule has 0 atom stereocenters. The molecule has 84 valence electrons. The van der Waals surface area contributed by atoms with Crippen LogP contribution < -0.4 is 0 Å². The molecule has 5 heteroatoms. The zero-order valence-electron chi connectivity index (χ0n) is 8.71. The molecule has 3 heterocycles. The smallest absolute Gasteiger partial charge is 0.0931 e. The predicted molar refractivity (Wildman–Crippen MR) is 65.9 cm³/mol. The van der Waals surface area contributed by atoms with E-state index in [1.807, 2.05) is 29.2 Å². The van der Waals surface area contributed by atoms with Crippen LogP contribution in [0.25, 0.3) is 0 Å². The molecule has 0 radical (unpaired) electrons. The van der Waals surface area contributed by atoms with E-state index >= 15 is 0 Å². The van der Waals surface area contributed by atoms with Gasteiger partial charge in [-0.3, -0.25) is 9.58 Å². The summed E-state index contributed by atoms with van der Waals surface area (Å²) < 4.78 is 2.91. The minimum atomic E-state index is 0.547. The lowest BCUT2D eigenvalue weighted by molar-refractivity contribution is 0.0920. The Labute approximate surface area is 103 Å². The van der Waals surface area contributed by atoms with Crippen molar-refractivity contribution in [2.45, 2.75) is 12.6 Å². The summed E-state index contributed by atoms with van der Waals surface area (Å²) in [6, 6.07) is 6.59. The monoisotopic (exact) mass is 253 g/mol. The molecule has 2 aromatic rings. The van der Waals surface area contributed by atoms with Crippen molar-refractivity contribution in [3.05, 3.63) is 39.8 Å². The minimum Gasteiger partial charge on any atom is -0.294 e. The topological polar surface area (TPSA) is 21.1 Å². The zero-order valence-corrected chi connectivity index (χ0v) is 10.3. The molecule has 0 saturated carbocycles. The maximum absolute atomic E-state index is 5.90. The van der Waals surface area contributed by atoms with Crippen LogP contribution in [0.2, 0.25) is 4.34 Å². The Hall–Kier alpha value is -0.840. The molecule has 0 aromatic carbocycles. The number of thiophene rings is 1. The number of hydrogen-bond donors (Lipinski definition) is 0. The Kier molecular flexibility index (Phi) is 2.71. The van der Waals surface area contributed by atoms with Crippen molar-refractivity contribution in [3.63, 3.8) is 0 Å². The fourth-order valence-electron chi connectivity index (χ4n) is 1.99. The summed E-state index contributed by atoms with van der Waals surface area (Å²) in [5.41, 5.74) is 0. The van der Waals surface area contributed by atoms with Gasteiger partial charge in [-0.25, -0.2) is 0 Å². The third kappa shape index (κ3) is 2.00. The lowest BCUT2D eigenvalue weighted by atomic mass is 10.1. The number of halogens is 1. The fourth-order valence-corrected chi connectivity index (χ4v) is 3.12. The van der Waals surface area contributed by atoms with Crippen molar-refractivity contribution >= 4 is 22.9 Å². The van der Waals surface area contributed by atoms with E-state index in [0.717, 1.165) is 24.0 Å². The first-order valence-electron chi connectivity index (χ1n) is 5.27. The first kappa shape index (κ1) is 10.3. The molecule has 0 bridgehead atoms. The Morgan fingerprint density at radius 2 is 2.31 bits per heavy atom. The van der Waals surface area contributed by atoms with Crippen molar-refractivity contribution in [1.82, 2.24) is 14.7 Å². The largest absolute Gasteiger partial charge is 0.294 e. The van der Waals surface area contributed by atoms with Gasteiger partial charge in [0.05, 0.1) is 10.4 Å². The van der Waals surface area contributed by atoms with Gasteiger partial charge in [0, 0.05) is 36.9 Å². The molecular formula is C11H12ClN3S. The molecule has 0 amide bonds. The lowest BCUT2D eigenvalue weighted by Crippen LogP contribution is -2.46. The third-order valence-corrected chi connectivity index (χ3v) is 4.06. The molecular weight excluding hydrogens is 242 g/mol. The van der Waals surface area contributed by atoms with Crippen LogP contribution in [0.5, 0.6) is 0 Å². The third-order valence-electron chi connectivity index (χ3n) is 2.85. The number of aromatic nitrogens is 2. The second-order valence-electron chi connectivity index (χ2n) is 4.04. The normalized spacial score (nSPS) is 17.6. The van der Waals surface area contributed by atoms with Crippen LogP contribution >= 0.6 is 22.9 Å². The molecule has 0 N–H and O–H groups in total. The summed E-state index contributed by atoms with van der Waals surface area (Å²) in [5, 5.41) is 4.26. The number of nitrogens with zero attached hydrogens (tertiary/aromatic N) is 3. The average Bonchev–Trinajstić information content (AvgIpc) is 2.82. The standard InChI is InChI=1S/C11H12ClN3S/c12-11-3-2-10(16-11)8-14-6-9(7-14)15-5-1-4-13-15/h1-5,9H,6-8H2. The Balaban J connectivity index is 1.54. The lowest BCUT2D eigenvalue weighted by Gasteiger charge is -2.38. The highest BCUT2D eigenvalue weighted by atomic mass is 35.5. The molecule has 1 aliphatic rings. The summed E-state index contributed by atoms with van der Waals surface area (Å²) in [4.78, 5) is 3.75. The van der Waals surface area contributed by atoms with Gasteiger partial charge in [-0.15, -0.1) is 11.3 Å². The van der Waals surface area contributed by atoms with Crippen molar-refractivity contribution in [2.24, 2.45) is 0 Å². The van der Waals surface area contributed by atoms with E-state index in [1.165, 1.54) is 4.88 Å². The quantitative estimate of drug-likeness (QED) is 0.839. The van der Waals surface area contributed by atoms with E-state index in [4.69, 9.17) is 11.6 Å². The Bertz CT molecular complexity index is 459. The van der Waals surface area contributed by atoms with Gasteiger partial charge in [0.15, 0.2) is 0 Å². The first-order valence-corrected chi connectivity index (χ1v) is 6.46. The summed E-state index contributed by atoms with van der Waals surface area (Å²) in [5.74, 6) is 0. The highest BCUT2D eigenvalue weighted by Gasteiger charge is 2.28. The number of hydrogen-bond acceptors (Lipinski definition) is 3. The molecule has 16 heavy (non-hydrogen) atoms. The van der Waals surface area contributed by atoms with Gasteiger partial charge in [0.1, 0.15) is 0 Å². The van der Waals surface area contributed by atoms with Gasteiger partial charge in [0.25, 0.3) is 0 Å². The average molecular weight is 254 g/mol. The van der Waals surface area contributed by atoms with Crippen LogP contribution in [0, 0.1) is 0 Å². The second kappa shape index (κ2) is 4.20. The number of rotatable bonds is 3. The maximum atomic E-state index is 5.90. The molecule has 1 saturated heterocycles. The van der Waals surface area contributed by atoms with E-state index < -0.39 is 0 Å². The fraction of sp³-hybridized carbons (Fsp3) is 0.364. The molecule has 3 rings (SSSR count). The molecule has 2 aromatic heterocycles. The summed E-state index contributed by atoms with van der Waals surface area (Å²) in [7, 11) is 0. The van der Waals surface area contributed by atoms with E-state index in [2.05, 4.69) is 16.1 Å². The summed E-state index contributed by atoms with van der Waals surface area (Å²) in [6.45, 7) is 3.17. The van der Waals surface area contributed by atoms with E-state index in [9.17, 15) is 0 Å². The van der Waals surface area contributed by atoms with Crippen LogP contribution in [-0.2, 0) is 6.54 Å². The van der Waals surface area contributed by atoms with E-state index in [0.29, 0.717) is 6.04 Å². The van der Waals surface area contributed by atoms with Gasteiger partial charge in [-0.2, -0.15) is 5.10 Å². The van der Waals surface area contributed by atoms with Gasteiger partial charge in [-0.05, 0) is 18.2 Å².